The minimum atomic E-state index is -0.749. The number of rotatable bonds is 7. The lowest BCUT2D eigenvalue weighted by atomic mass is 9.99. The van der Waals surface area contributed by atoms with Crippen molar-refractivity contribution in [2.45, 2.75) is 46.1 Å². The third-order valence-electron chi connectivity index (χ3n) is 7.60. The van der Waals surface area contributed by atoms with Gasteiger partial charge in [0, 0.05) is 51.0 Å². The van der Waals surface area contributed by atoms with Crippen molar-refractivity contribution in [3.8, 4) is 0 Å². The molecule has 2 amide bonds. The number of nitrogens with zero attached hydrogens (tertiary/aromatic N) is 4. The molecule has 2 saturated heterocycles. The maximum absolute atomic E-state index is 13.8. The zero-order valence-electron chi connectivity index (χ0n) is 26.3. The predicted molar refractivity (Wildman–Crippen MR) is 171 cm³/mol. The monoisotopic (exact) mass is 640 g/mol. The van der Waals surface area contributed by atoms with Crippen LogP contribution in [0.4, 0.5) is 22.0 Å². The van der Waals surface area contributed by atoms with Gasteiger partial charge in [-0.2, -0.15) is 4.68 Å². The molecule has 0 aliphatic carbocycles. The maximum Gasteiger partial charge on any atom is 0.436 e. The third kappa shape index (κ3) is 7.63. The molecular formula is C31H40N6O7S. The molecule has 4 heterocycles. The largest absolute Gasteiger partial charge is 0.456 e. The molecule has 45 heavy (non-hydrogen) atoms. The Labute approximate surface area is 265 Å². The number of thiophene rings is 1. The predicted octanol–water partition coefficient (Wildman–Crippen LogP) is 4.43. The number of amides is 2. The molecule has 2 N–H and O–H groups in total. The van der Waals surface area contributed by atoms with Crippen LogP contribution in [0.1, 0.15) is 60.6 Å². The van der Waals surface area contributed by atoms with E-state index in [-0.39, 0.29) is 34.7 Å². The Kier molecular flexibility index (Phi) is 9.75. The fraction of sp³-hybridized carbons (Fsp3) is 0.516. The second-order valence-corrected chi connectivity index (χ2v) is 13.2. The number of anilines is 3. The molecule has 0 bridgehead atoms. The quantitative estimate of drug-likeness (QED) is 0.356. The van der Waals surface area contributed by atoms with Crippen molar-refractivity contribution in [3.05, 3.63) is 34.7 Å². The highest BCUT2D eigenvalue weighted by Gasteiger charge is 2.28. The summed E-state index contributed by atoms with van der Waals surface area (Å²) in [6, 6.07) is 6.91. The van der Waals surface area contributed by atoms with Gasteiger partial charge in [0.2, 0.25) is 5.91 Å². The SMILES string of the molecule is CCOC(=O)n1nc(NC(=O)c2ccc(N3CCN(C)CC3)cc2NC(=O)C2CCOCC2)c2cc(C(=O)OC(C)(C)C)sc21. The first-order valence-electron chi connectivity index (χ1n) is 15.1. The molecule has 2 aliphatic heterocycles. The average Bonchev–Trinajstić information content (AvgIpc) is 3.58. The van der Waals surface area contributed by atoms with E-state index in [0.29, 0.717) is 42.0 Å². The van der Waals surface area contributed by atoms with E-state index < -0.39 is 23.6 Å². The van der Waals surface area contributed by atoms with Crippen LogP contribution in [0.5, 0.6) is 0 Å². The zero-order chi connectivity index (χ0) is 32.3. The lowest BCUT2D eigenvalue weighted by molar-refractivity contribution is -0.122. The second-order valence-electron chi connectivity index (χ2n) is 12.1. The van der Waals surface area contributed by atoms with Crippen LogP contribution in [-0.2, 0) is 19.0 Å². The van der Waals surface area contributed by atoms with Crippen molar-refractivity contribution in [3.63, 3.8) is 0 Å². The summed E-state index contributed by atoms with van der Waals surface area (Å²) in [5.74, 6) is -1.42. The summed E-state index contributed by atoms with van der Waals surface area (Å²) in [5.41, 5.74) is 0.783. The van der Waals surface area contributed by atoms with E-state index in [1.807, 2.05) is 12.1 Å². The Morgan fingerprint density at radius 1 is 1.04 bits per heavy atom. The molecule has 0 radical (unpaired) electrons. The number of ether oxygens (including phenoxy) is 3. The number of hydrogen-bond donors (Lipinski definition) is 2. The molecule has 2 fully saturated rings. The summed E-state index contributed by atoms with van der Waals surface area (Å²) < 4.78 is 17.1. The first kappa shape index (κ1) is 32.4. The number of benzene rings is 1. The van der Waals surface area contributed by atoms with Gasteiger partial charge in [0.15, 0.2) is 5.82 Å². The topological polar surface area (TPSA) is 144 Å². The number of carbonyl (C=O) groups excluding carboxylic acids is 4. The molecule has 5 rings (SSSR count). The normalized spacial score (nSPS) is 16.4. The molecule has 14 heteroatoms. The van der Waals surface area contributed by atoms with E-state index in [0.717, 1.165) is 47.9 Å². The van der Waals surface area contributed by atoms with Crippen molar-refractivity contribution >= 4 is 62.6 Å². The Bertz CT molecular complexity index is 1580. The van der Waals surface area contributed by atoms with Crippen LogP contribution in [-0.4, -0.2) is 97.2 Å². The highest BCUT2D eigenvalue weighted by atomic mass is 32.1. The maximum atomic E-state index is 13.8. The van der Waals surface area contributed by atoms with Crippen LogP contribution in [0.15, 0.2) is 24.3 Å². The molecular weight excluding hydrogens is 600 g/mol. The number of esters is 1. The average molecular weight is 641 g/mol. The van der Waals surface area contributed by atoms with Crippen LogP contribution in [0.3, 0.4) is 0 Å². The molecule has 0 saturated carbocycles. The van der Waals surface area contributed by atoms with Gasteiger partial charge >= 0.3 is 12.1 Å². The fourth-order valence-electron chi connectivity index (χ4n) is 5.20. The number of carbonyl (C=O) groups is 4. The minimum absolute atomic E-state index is 0.0685. The van der Waals surface area contributed by atoms with Crippen molar-refractivity contribution < 1.29 is 33.4 Å². The van der Waals surface area contributed by atoms with Crippen LogP contribution < -0.4 is 15.5 Å². The minimum Gasteiger partial charge on any atom is -0.456 e. The molecule has 242 valence electrons. The van der Waals surface area contributed by atoms with Crippen molar-refractivity contribution in [1.82, 2.24) is 14.7 Å². The number of likely N-dealkylation sites (N-methyl/N-ethyl adjacent to an activating group) is 1. The number of piperazine rings is 1. The van der Waals surface area contributed by atoms with Gasteiger partial charge in [-0.15, -0.1) is 16.4 Å². The highest BCUT2D eigenvalue weighted by Crippen LogP contribution is 2.34. The smallest absolute Gasteiger partial charge is 0.436 e. The lowest BCUT2D eigenvalue weighted by Crippen LogP contribution is -2.44. The molecule has 2 aliphatic rings. The number of hydrogen-bond acceptors (Lipinski definition) is 11. The van der Waals surface area contributed by atoms with Crippen LogP contribution in [0.25, 0.3) is 10.2 Å². The van der Waals surface area contributed by atoms with Crippen molar-refractivity contribution in [2.24, 2.45) is 5.92 Å². The Morgan fingerprint density at radius 2 is 1.76 bits per heavy atom. The van der Waals surface area contributed by atoms with Gasteiger partial charge in [-0.05, 0) is 71.8 Å². The first-order valence-corrected chi connectivity index (χ1v) is 16.0. The highest BCUT2D eigenvalue weighted by molar-refractivity contribution is 7.20. The Morgan fingerprint density at radius 3 is 2.42 bits per heavy atom. The van der Waals surface area contributed by atoms with Crippen LogP contribution in [0.2, 0.25) is 0 Å². The number of nitrogens with one attached hydrogen (secondary N) is 2. The van der Waals surface area contributed by atoms with Gasteiger partial charge in [-0.1, -0.05) is 0 Å². The molecule has 1 aromatic carbocycles. The van der Waals surface area contributed by atoms with Gasteiger partial charge in [-0.3, -0.25) is 9.59 Å². The first-order chi connectivity index (χ1) is 21.4. The fourth-order valence-corrected chi connectivity index (χ4v) is 6.18. The van der Waals surface area contributed by atoms with E-state index in [2.05, 4.69) is 32.6 Å². The number of fused-ring (bicyclic) bond motifs is 1. The van der Waals surface area contributed by atoms with Gasteiger partial charge in [0.05, 0.1) is 23.2 Å². The summed E-state index contributed by atoms with van der Waals surface area (Å²) >= 11 is 1.01. The zero-order valence-corrected chi connectivity index (χ0v) is 27.1. The molecule has 13 nitrogen and oxygen atoms in total. The summed E-state index contributed by atoms with van der Waals surface area (Å²) in [6.45, 7) is 11.5. The Hall–Kier alpha value is -4.01. The van der Waals surface area contributed by atoms with E-state index in [1.54, 1.807) is 33.8 Å². The van der Waals surface area contributed by atoms with Gasteiger partial charge in [0.25, 0.3) is 5.91 Å². The summed E-state index contributed by atoms with van der Waals surface area (Å²) in [6.07, 6.45) is 0.460. The Balaban J connectivity index is 1.47. The van der Waals surface area contributed by atoms with E-state index in [4.69, 9.17) is 14.2 Å². The molecule has 0 atom stereocenters. The van der Waals surface area contributed by atoms with Crippen LogP contribution in [0, 0.1) is 5.92 Å². The van der Waals surface area contributed by atoms with E-state index >= 15 is 0 Å². The summed E-state index contributed by atoms with van der Waals surface area (Å²) in [5, 5.41) is 10.5. The number of aromatic nitrogens is 2. The van der Waals surface area contributed by atoms with Gasteiger partial charge < -0.3 is 34.6 Å². The standard InChI is InChI=1S/C31H40N6O7S/c1-6-43-30(41)37-28-22(18-24(45-28)29(40)44-31(2,3)4)25(34-37)33-27(39)21-8-7-20(36-13-11-35(5)12-14-36)17-23(21)32-26(38)19-9-15-42-16-10-19/h7-8,17-19H,6,9-16H2,1-5H3,(H,32,38)(H,33,34,39). The van der Waals surface area contributed by atoms with Crippen molar-refractivity contribution in [2.75, 3.05) is 68.6 Å². The summed E-state index contributed by atoms with van der Waals surface area (Å²) in [4.78, 5) is 57.8. The lowest BCUT2D eigenvalue weighted by Gasteiger charge is -2.34. The molecule has 0 spiro atoms. The summed E-state index contributed by atoms with van der Waals surface area (Å²) in [7, 11) is 2.08. The van der Waals surface area contributed by atoms with Gasteiger partial charge in [-0.25, -0.2) is 9.59 Å². The molecule has 0 unspecified atom stereocenters. The van der Waals surface area contributed by atoms with E-state index in [1.165, 1.54) is 6.07 Å². The van der Waals surface area contributed by atoms with Crippen LogP contribution >= 0.6 is 11.3 Å². The van der Waals surface area contributed by atoms with Gasteiger partial charge in [0.1, 0.15) is 15.3 Å². The third-order valence-corrected chi connectivity index (χ3v) is 8.69. The van der Waals surface area contributed by atoms with Crippen molar-refractivity contribution in [1.29, 1.82) is 0 Å². The second kappa shape index (κ2) is 13.5. The van der Waals surface area contributed by atoms with E-state index in [9.17, 15) is 19.2 Å². The molecule has 2 aromatic heterocycles. The molecule has 3 aromatic rings.